The maximum absolute atomic E-state index is 14.3. The van der Waals surface area contributed by atoms with Crippen LogP contribution in [0.15, 0.2) is 91.0 Å². The summed E-state index contributed by atoms with van der Waals surface area (Å²) in [5.74, 6) is -0.624. The fourth-order valence-corrected chi connectivity index (χ4v) is 2.74. The molecule has 5 heteroatoms. The third kappa shape index (κ3) is 5.54. The van der Waals surface area contributed by atoms with Gasteiger partial charge in [0.25, 0.3) is 0 Å². The van der Waals surface area contributed by atoms with E-state index in [2.05, 4.69) is 13.2 Å². The molecule has 0 saturated carbocycles. The van der Waals surface area contributed by atoms with Crippen molar-refractivity contribution in [2.24, 2.45) is 0 Å². The van der Waals surface area contributed by atoms with E-state index < -0.39 is 11.9 Å². The number of hydrogen-bond donors (Lipinski definition) is 0. The molecular weight excluding hydrogens is 395 g/mol. The standard InChI is InChI=1S/C26H21FO4/c1-16(2)25(28)30-23-9-5-18(6-10-23)20-13-21(15-22(27)14-20)19-7-11-24(12-8-19)31-26(29)17(3)4/h5-15H,1,3H2,2,4H3. The van der Waals surface area contributed by atoms with Crippen molar-refractivity contribution in [2.75, 3.05) is 0 Å². The fourth-order valence-electron chi connectivity index (χ4n) is 2.74. The van der Waals surface area contributed by atoms with Gasteiger partial charge in [-0.3, -0.25) is 0 Å². The number of ether oxygens (including phenoxy) is 2. The molecule has 156 valence electrons. The molecule has 0 amide bonds. The molecule has 0 saturated heterocycles. The number of hydrogen-bond acceptors (Lipinski definition) is 4. The third-order valence-corrected chi connectivity index (χ3v) is 4.39. The summed E-state index contributed by atoms with van der Waals surface area (Å²) in [5, 5.41) is 0. The van der Waals surface area contributed by atoms with Crippen molar-refractivity contribution in [1.82, 2.24) is 0 Å². The van der Waals surface area contributed by atoms with E-state index in [4.69, 9.17) is 9.47 Å². The molecule has 0 heterocycles. The van der Waals surface area contributed by atoms with Gasteiger partial charge in [0, 0.05) is 11.1 Å². The smallest absolute Gasteiger partial charge is 0.338 e. The lowest BCUT2D eigenvalue weighted by Gasteiger charge is -2.09. The summed E-state index contributed by atoms with van der Waals surface area (Å²) in [6.45, 7) is 10.2. The second-order valence-corrected chi connectivity index (χ2v) is 7.12. The molecule has 0 N–H and O–H groups in total. The van der Waals surface area contributed by atoms with Crippen molar-refractivity contribution >= 4 is 11.9 Å². The largest absolute Gasteiger partial charge is 0.423 e. The van der Waals surface area contributed by atoms with Crippen LogP contribution >= 0.6 is 0 Å². The minimum Gasteiger partial charge on any atom is -0.423 e. The molecule has 0 aliphatic rings. The number of carbonyl (C=O) groups excluding carboxylic acids is 2. The molecule has 4 nitrogen and oxygen atoms in total. The Balaban J connectivity index is 1.83. The van der Waals surface area contributed by atoms with Gasteiger partial charge in [-0.25, -0.2) is 14.0 Å². The van der Waals surface area contributed by atoms with Crippen LogP contribution in [-0.2, 0) is 9.59 Å². The van der Waals surface area contributed by atoms with Crippen LogP contribution < -0.4 is 9.47 Å². The normalized spacial score (nSPS) is 10.3. The first-order valence-electron chi connectivity index (χ1n) is 9.50. The lowest BCUT2D eigenvalue weighted by atomic mass is 9.98. The maximum Gasteiger partial charge on any atom is 0.338 e. The number of rotatable bonds is 6. The van der Waals surface area contributed by atoms with E-state index in [1.165, 1.54) is 12.1 Å². The van der Waals surface area contributed by atoms with Gasteiger partial charge in [0.15, 0.2) is 0 Å². The molecular formula is C26H21FO4. The highest BCUT2D eigenvalue weighted by atomic mass is 19.1. The van der Waals surface area contributed by atoms with E-state index in [1.54, 1.807) is 62.4 Å². The highest BCUT2D eigenvalue weighted by Crippen LogP contribution is 2.30. The number of halogens is 1. The van der Waals surface area contributed by atoms with Crippen LogP contribution in [0.3, 0.4) is 0 Å². The van der Waals surface area contributed by atoms with Crippen LogP contribution in [0.1, 0.15) is 13.8 Å². The molecule has 0 aliphatic carbocycles. The van der Waals surface area contributed by atoms with E-state index in [1.807, 2.05) is 6.07 Å². The summed E-state index contributed by atoms with van der Waals surface area (Å²) in [4.78, 5) is 23.3. The lowest BCUT2D eigenvalue weighted by molar-refractivity contribution is -0.130. The van der Waals surface area contributed by atoms with Gasteiger partial charge in [0.1, 0.15) is 17.3 Å². The summed E-state index contributed by atoms with van der Waals surface area (Å²) in [7, 11) is 0. The number of carbonyl (C=O) groups is 2. The zero-order valence-electron chi connectivity index (χ0n) is 17.3. The third-order valence-electron chi connectivity index (χ3n) is 4.39. The molecule has 0 fully saturated rings. The molecule has 3 aromatic carbocycles. The molecule has 0 bridgehead atoms. The monoisotopic (exact) mass is 416 g/mol. The Hall–Kier alpha value is -3.99. The van der Waals surface area contributed by atoms with E-state index >= 15 is 0 Å². The first-order valence-corrected chi connectivity index (χ1v) is 9.50. The Kier molecular flexibility index (Phi) is 6.46. The van der Waals surface area contributed by atoms with Gasteiger partial charge in [-0.2, -0.15) is 0 Å². The Morgan fingerprint density at radius 1 is 0.645 bits per heavy atom. The van der Waals surface area contributed by atoms with Gasteiger partial charge >= 0.3 is 11.9 Å². The maximum atomic E-state index is 14.3. The highest BCUT2D eigenvalue weighted by Gasteiger charge is 2.09. The second kappa shape index (κ2) is 9.22. The average molecular weight is 416 g/mol. The molecule has 3 aromatic rings. The Bertz CT molecular complexity index is 1070. The zero-order chi connectivity index (χ0) is 22.5. The summed E-state index contributed by atoms with van der Waals surface area (Å²) in [6.07, 6.45) is 0. The van der Waals surface area contributed by atoms with Crippen molar-refractivity contribution in [3.05, 3.63) is 96.9 Å². The van der Waals surface area contributed by atoms with Gasteiger partial charge in [-0.15, -0.1) is 0 Å². The summed E-state index contributed by atoms with van der Waals surface area (Å²) in [6, 6.07) is 18.3. The van der Waals surface area contributed by atoms with Gasteiger partial charge in [0.2, 0.25) is 0 Å². The van der Waals surface area contributed by atoms with Crippen LogP contribution in [0.4, 0.5) is 4.39 Å². The second-order valence-electron chi connectivity index (χ2n) is 7.12. The molecule has 0 spiro atoms. The topological polar surface area (TPSA) is 52.6 Å². The van der Waals surface area contributed by atoms with Crippen LogP contribution in [0.5, 0.6) is 11.5 Å². The number of esters is 2. The molecule has 3 rings (SSSR count). The predicted molar refractivity (Wildman–Crippen MR) is 118 cm³/mol. The van der Waals surface area contributed by atoms with Crippen LogP contribution in [0.2, 0.25) is 0 Å². The predicted octanol–water partition coefficient (Wildman–Crippen LogP) is 6.12. The Morgan fingerprint density at radius 3 is 1.32 bits per heavy atom. The van der Waals surface area contributed by atoms with Crippen molar-refractivity contribution in [3.8, 4) is 33.8 Å². The first kappa shape index (κ1) is 21.7. The lowest BCUT2D eigenvalue weighted by Crippen LogP contribution is -2.07. The fraction of sp³-hybridized carbons (Fsp3) is 0.0769. The quantitative estimate of drug-likeness (QED) is 0.276. The van der Waals surface area contributed by atoms with Crippen LogP contribution in [0, 0.1) is 5.82 Å². The summed E-state index contributed by atoms with van der Waals surface area (Å²) < 4.78 is 24.7. The number of benzene rings is 3. The Morgan fingerprint density at radius 2 is 1.00 bits per heavy atom. The summed E-state index contributed by atoms with van der Waals surface area (Å²) >= 11 is 0. The first-order chi connectivity index (χ1) is 14.7. The highest BCUT2D eigenvalue weighted by molar-refractivity contribution is 5.89. The van der Waals surface area contributed by atoms with Gasteiger partial charge < -0.3 is 9.47 Å². The van der Waals surface area contributed by atoms with Gasteiger partial charge in [-0.1, -0.05) is 37.4 Å². The van der Waals surface area contributed by atoms with Crippen molar-refractivity contribution < 1.29 is 23.5 Å². The van der Waals surface area contributed by atoms with Crippen molar-refractivity contribution in [1.29, 1.82) is 0 Å². The van der Waals surface area contributed by atoms with Gasteiger partial charge in [-0.05, 0) is 78.6 Å². The molecule has 0 radical (unpaired) electrons. The van der Waals surface area contributed by atoms with E-state index in [0.717, 1.165) is 11.1 Å². The average Bonchev–Trinajstić information content (AvgIpc) is 2.74. The van der Waals surface area contributed by atoms with E-state index in [9.17, 15) is 14.0 Å². The van der Waals surface area contributed by atoms with Crippen molar-refractivity contribution in [3.63, 3.8) is 0 Å². The summed E-state index contributed by atoms with van der Waals surface area (Å²) in [5.41, 5.74) is 3.49. The minimum atomic E-state index is -0.502. The SMILES string of the molecule is C=C(C)C(=O)Oc1ccc(-c2cc(F)cc(-c3ccc(OC(=O)C(=C)C)cc3)c2)cc1. The minimum absolute atomic E-state index is 0.305. The van der Waals surface area contributed by atoms with E-state index in [0.29, 0.717) is 33.8 Å². The molecule has 0 atom stereocenters. The molecule has 0 unspecified atom stereocenters. The molecule has 31 heavy (non-hydrogen) atoms. The van der Waals surface area contributed by atoms with E-state index in [-0.39, 0.29) is 5.82 Å². The van der Waals surface area contributed by atoms with Crippen molar-refractivity contribution in [2.45, 2.75) is 13.8 Å². The molecule has 0 aliphatic heterocycles. The zero-order valence-corrected chi connectivity index (χ0v) is 17.3. The van der Waals surface area contributed by atoms with Crippen LogP contribution in [0.25, 0.3) is 22.3 Å². The van der Waals surface area contributed by atoms with Crippen LogP contribution in [-0.4, -0.2) is 11.9 Å². The Labute approximate surface area is 180 Å². The van der Waals surface area contributed by atoms with Gasteiger partial charge in [0.05, 0.1) is 0 Å². The molecule has 0 aromatic heterocycles.